The minimum atomic E-state index is -0.000406. The Labute approximate surface area is 147 Å². The predicted octanol–water partition coefficient (Wildman–Crippen LogP) is 4.26. The lowest BCUT2D eigenvalue weighted by atomic mass is 9.97. The number of ketones is 1. The zero-order chi connectivity index (χ0) is 18.4. The number of hydrogen-bond donors (Lipinski definition) is 0. The third kappa shape index (κ3) is 3.29. The second kappa shape index (κ2) is 6.03. The van der Waals surface area contributed by atoms with Crippen LogP contribution < -0.4 is 5.69 Å². The van der Waals surface area contributed by atoms with Crippen LogP contribution in [-0.2, 0) is 13.6 Å². The predicted molar refractivity (Wildman–Crippen MR) is 102 cm³/mol. The van der Waals surface area contributed by atoms with E-state index in [1.165, 1.54) is 0 Å². The first-order chi connectivity index (χ1) is 11.7. The first-order valence-corrected chi connectivity index (χ1v) is 8.48. The number of rotatable bonds is 3. The third-order valence-electron chi connectivity index (χ3n) is 4.38. The van der Waals surface area contributed by atoms with Crippen molar-refractivity contribution < 1.29 is 4.79 Å². The smallest absolute Gasteiger partial charge is 0.295 e. The molecule has 0 saturated heterocycles. The van der Waals surface area contributed by atoms with E-state index in [9.17, 15) is 9.59 Å². The van der Waals surface area contributed by atoms with Gasteiger partial charge in [0.05, 0.1) is 11.0 Å². The lowest BCUT2D eigenvalue weighted by molar-refractivity contribution is 0.101. The fourth-order valence-corrected chi connectivity index (χ4v) is 3.13. The van der Waals surface area contributed by atoms with E-state index in [2.05, 4.69) is 20.8 Å². The van der Waals surface area contributed by atoms with Gasteiger partial charge in [0.15, 0.2) is 5.78 Å². The molecule has 0 saturated carbocycles. The number of imidazole rings is 1. The minimum Gasteiger partial charge on any atom is -0.295 e. The van der Waals surface area contributed by atoms with E-state index in [0.29, 0.717) is 12.1 Å². The van der Waals surface area contributed by atoms with Crippen molar-refractivity contribution in [3.05, 3.63) is 58.5 Å². The van der Waals surface area contributed by atoms with Gasteiger partial charge < -0.3 is 0 Å². The maximum Gasteiger partial charge on any atom is 0.328 e. The Bertz CT molecular complexity index is 1020. The Hall–Kier alpha value is -2.62. The number of carbonyl (C=O) groups excluding carboxylic acids is 1. The molecular weight excluding hydrogens is 312 g/mol. The number of carbonyl (C=O) groups is 1. The van der Waals surface area contributed by atoms with Gasteiger partial charge in [0.1, 0.15) is 0 Å². The molecule has 3 rings (SSSR count). The highest BCUT2D eigenvalue weighted by Gasteiger charge is 2.18. The van der Waals surface area contributed by atoms with Crippen molar-refractivity contribution in [3.63, 3.8) is 0 Å². The van der Waals surface area contributed by atoms with Crippen LogP contribution in [0.4, 0.5) is 0 Å². The first kappa shape index (κ1) is 17.2. The van der Waals surface area contributed by atoms with Crippen LogP contribution in [0.5, 0.6) is 0 Å². The summed E-state index contributed by atoms with van der Waals surface area (Å²) in [4.78, 5) is 24.3. The molecule has 1 heterocycles. The van der Waals surface area contributed by atoms with Crippen LogP contribution in [0.3, 0.4) is 0 Å². The average molecular weight is 336 g/mol. The van der Waals surface area contributed by atoms with Crippen LogP contribution in [0, 0.1) is 5.41 Å². The van der Waals surface area contributed by atoms with E-state index in [1.807, 2.05) is 47.0 Å². The van der Waals surface area contributed by atoms with Crippen LogP contribution >= 0.6 is 0 Å². The normalized spacial score (nSPS) is 11.9. The van der Waals surface area contributed by atoms with Crippen LogP contribution in [0.2, 0.25) is 0 Å². The average Bonchev–Trinajstić information content (AvgIpc) is 2.78. The van der Waals surface area contributed by atoms with E-state index in [1.54, 1.807) is 18.5 Å². The zero-order valence-electron chi connectivity index (χ0n) is 15.5. The summed E-state index contributed by atoms with van der Waals surface area (Å²) in [6, 6.07) is 13.6. The van der Waals surface area contributed by atoms with Crippen LogP contribution in [0.15, 0.2) is 47.3 Å². The van der Waals surface area contributed by atoms with Gasteiger partial charge in [-0.2, -0.15) is 0 Å². The molecule has 3 aromatic rings. The number of hydrogen-bond acceptors (Lipinski definition) is 2. The Kier molecular flexibility index (Phi) is 4.15. The van der Waals surface area contributed by atoms with Crippen LogP contribution in [0.1, 0.15) is 38.1 Å². The molecule has 0 radical (unpaired) electrons. The third-order valence-corrected chi connectivity index (χ3v) is 4.38. The second-order valence-corrected chi connectivity index (χ2v) is 7.83. The first-order valence-electron chi connectivity index (χ1n) is 8.48. The van der Waals surface area contributed by atoms with E-state index < -0.39 is 0 Å². The summed E-state index contributed by atoms with van der Waals surface area (Å²) in [5.74, 6) is 0.0478. The largest absolute Gasteiger partial charge is 0.328 e. The quantitative estimate of drug-likeness (QED) is 0.671. The summed E-state index contributed by atoms with van der Waals surface area (Å²) < 4.78 is 3.53. The second-order valence-electron chi connectivity index (χ2n) is 7.83. The van der Waals surface area contributed by atoms with Gasteiger partial charge in [0.25, 0.3) is 0 Å². The fraction of sp³-hybridized carbons (Fsp3) is 0.333. The van der Waals surface area contributed by atoms with Crippen molar-refractivity contribution in [1.82, 2.24) is 9.13 Å². The molecule has 4 heteroatoms. The number of nitrogens with zero attached hydrogens (tertiary/aromatic N) is 2. The highest BCUT2D eigenvalue weighted by molar-refractivity contribution is 5.95. The molecule has 1 aromatic heterocycles. The molecule has 0 bridgehead atoms. The van der Waals surface area contributed by atoms with Gasteiger partial charge in [-0.1, -0.05) is 45.0 Å². The van der Waals surface area contributed by atoms with Crippen LogP contribution in [-0.4, -0.2) is 14.9 Å². The number of Topliss-reactive ketones (excluding diaryl/α,β-unsaturated/α-hetero) is 1. The van der Waals surface area contributed by atoms with E-state index >= 15 is 0 Å². The van der Waals surface area contributed by atoms with Crippen molar-refractivity contribution in [2.45, 2.75) is 34.2 Å². The molecule has 2 aromatic carbocycles. The number of fused-ring (bicyclic) bond motifs is 1. The summed E-state index contributed by atoms with van der Waals surface area (Å²) in [5, 5.41) is 0. The lowest BCUT2D eigenvalue weighted by Gasteiger charge is -2.18. The molecule has 0 amide bonds. The number of aromatic nitrogens is 2. The Morgan fingerprint density at radius 1 is 1.00 bits per heavy atom. The minimum absolute atomic E-state index is 0.000406. The van der Waals surface area contributed by atoms with Gasteiger partial charge in [0, 0.05) is 19.2 Å². The molecule has 0 spiro atoms. The van der Waals surface area contributed by atoms with Crippen molar-refractivity contribution in [2.75, 3.05) is 0 Å². The summed E-state index contributed by atoms with van der Waals surface area (Å²) in [7, 11) is 1.81. The van der Waals surface area contributed by atoms with Crippen LogP contribution in [0.25, 0.3) is 22.2 Å². The summed E-state index contributed by atoms with van der Waals surface area (Å²) in [6.45, 7) is 8.61. The van der Waals surface area contributed by atoms with Gasteiger partial charge in [-0.15, -0.1) is 0 Å². The Balaban J connectivity index is 2.16. The molecule has 0 aliphatic heterocycles. The van der Waals surface area contributed by atoms with Gasteiger partial charge in [-0.25, -0.2) is 4.79 Å². The van der Waals surface area contributed by atoms with Crippen molar-refractivity contribution in [1.29, 1.82) is 0 Å². The summed E-state index contributed by atoms with van der Waals surface area (Å²) >= 11 is 0. The van der Waals surface area contributed by atoms with Gasteiger partial charge in [0.2, 0.25) is 0 Å². The van der Waals surface area contributed by atoms with E-state index in [4.69, 9.17) is 0 Å². The van der Waals surface area contributed by atoms with Crippen molar-refractivity contribution >= 4 is 16.8 Å². The Morgan fingerprint density at radius 3 is 2.32 bits per heavy atom. The highest BCUT2D eigenvalue weighted by Crippen LogP contribution is 2.26. The standard InChI is InChI=1S/C21H24N2O2/c1-14(24)15-7-6-8-16(11-15)17-9-10-18-19(12-17)22(5)20(25)23(18)13-21(2,3)4/h6-12H,13H2,1-5H3. The Morgan fingerprint density at radius 2 is 1.68 bits per heavy atom. The SMILES string of the molecule is CC(=O)c1cccc(-c2ccc3c(c2)n(C)c(=O)n3CC(C)(C)C)c1. The maximum atomic E-state index is 12.6. The monoisotopic (exact) mass is 336 g/mol. The summed E-state index contributed by atoms with van der Waals surface area (Å²) in [6.07, 6.45) is 0. The van der Waals surface area contributed by atoms with Gasteiger partial charge in [-0.05, 0) is 41.7 Å². The van der Waals surface area contributed by atoms with Gasteiger partial charge in [-0.3, -0.25) is 13.9 Å². The molecule has 25 heavy (non-hydrogen) atoms. The number of aryl methyl sites for hydroxylation is 1. The molecule has 0 N–H and O–H groups in total. The fourth-order valence-electron chi connectivity index (χ4n) is 3.13. The topological polar surface area (TPSA) is 44.0 Å². The molecule has 0 aliphatic rings. The molecule has 0 atom stereocenters. The highest BCUT2D eigenvalue weighted by atomic mass is 16.1. The van der Waals surface area contributed by atoms with Gasteiger partial charge >= 0.3 is 5.69 Å². The van der Waals surface area contributed by atoms with Crippen molar-refractivity contribution in [2.24, 2.45) is 12.5 Å². The summed E-state index contributed by atoms with van der Waals surface area (Å²) in [5.41, 5.74) is 4.53. The zero-order valence-corrected chi connectivity index (χ0v) is 15.5. The van der Waals surface area contributed by atoms with Crippen molar-refractivity contribution in [3.8, 4) is 11.1 Å². The molecule has 0 fully saturated rings. The molecule has 0 unspecified atom stereocenters. The van der Waals surface area contributed by atoms with E-state index in [0.717, 1.165) is 22.2 Å². The molecule has 4 nitrogen and oxygen atoms in total. The molecule has 130 valence electrons. The van der Waals surface area contributed by atoms with E-state index in [-0.39, 0.29) is 16.9 Å². The lowest BCUT2D eigenvalue weighted by Crippen LogP contribution is -2.27. The molecule has 0 aliphatic carbocycles. The molecular formula is C21H24N2O2. The number of benzene rings is 2. The maximum absolute atomic E-state index is 12.6.